The van der Waals surface area contributed by atoms with Gasteiger partial charge in [0.05, 0.1) is 4.92 Å². The van der Waals surface area contributed by atoms with Crippen molar-refractivity contribution in [2.24, 2.45) is 11.7 Å². The topological polar surface area (TPSA) is 69.2 Å². The molecule has 1 rings (SSSR count). The summed E-state index contributed by atoms with van der Waals surface area (Å²) in [6.45, 7) is 6.11. The number of hydrogen-bond acceptors (Lipinski definition) is 3. The van der Waals surface area contributed by atoms with Gasteiger partial charge >= 0.3 is 0 Å². The van der Waals surface area contributed by atoms with Crippen molar-refractivity contribution in [2.75, 3.05) is 0 Å². The Kier molecular flexibility index (Phi) is 5.28. The molecule has 1 aromatic carbocycles. The lowest BCUT2D eigenvalue weighted by molar-refractivity contribution is -0.385. The van der Waals surface area contributed by atoms with Gasteiger partial charge < -0.3 is 5.73 Å². The maximum Gasteiger partial charge on any atom is 0.272 e. The average molecular weight is 250 g/mol. The van der Waals surface area contributed by atoms with Gasteiger partial charge in [0.25, 0.3) is 5.69 Å². The lowest BCUT2D eigenvalue weighted by atomic mass is 9.96. The molecule has 0 aliphatic rings. The minimum atomic E-state index is -0.327. The van der Waals surface area contributed by atoms with Crippen LogP contribution in [0.3, 0.4) is 0 Å². The molecule has 0 amide bonds. The Morgan fingerprint density at radius 1 is 1.39 bits per heavy atom. The maximum atomic E-state index is 10.8. The van der Waals surface area contributed by atoms with E-state index in [4.69, 9.17) is 5.73 Å². The van der Waals surface area contributed by atoms with E-state index in [1.165, 1.54) is 0 Å². The zero-order chi connectivity index (χ0) is 13.7. The first-order valence-corrected chi connectivity index (χ1v) is 6.40. The molecule has 0 bridgehead atoms. The Balaban J connectivity index is 2.68. The van der Waals surface area contributed by atoms with Crippen molar-refractivity contribution in [1.82, 2.24) is 0 Å². The molecule has 0 aliphatic heterocycles. The summed E-state index contributed by atoms with van der Waals surface area (Å²) in [5, 5.41) is 10.8. The number of nitrogens with zero attached hydrogens (tertiary/aromatic N) is 1. The molecule has 1 unspecified atom stereocenters. The molecule has 1 aromatic rings. The molecule has 18 heavy (non-hydrogen) atoms. The number of aryl methyl sites for hydroxylation is 1. The number of rotatable bonds is 6. The molecular weight excluding hydrogens is 228 g/mol. The second kappa shape index (κ2) is 6.50. The number of benzene rings is 1. The third-order valence-electron chi connectivity index (χ3n) is 3.17. The molecule has 2 N–H and O–H groups in total. The zero-order valence-electron chi connectivity index (χ0n) is 11.3. The third-order valence-corrected chi connectivity index (χ3v) is 3.17. The van der Waals surface area contributed by atoms with Gasteiger partial charge in [0.15, 0.2) is 0 Å². The van der Waals surface area contributed by atoms with Gasteiger partial charge in [0.2, 0.25) is 0 Å². The summed E-state index contributed by atoms with van der Waals surface area (Å²) in [5.41, 5.74) is 8.03. The van der Waals surface area contributed by atoms with Crippen LogP contribution in [0.15, 0.2) is 18.2 Å². The molecule has 100 valence electrons. The predicted molar refractivity (Wildman–Crippen MR) is 73.6 cm³/mol. The molecular formula is C14H22N2O2. The van der Waals surface area contributed by atoms with E-state index in [9.17, 15) is 10.1 Å². The Morgan fingerprint density at radius 2 is 2.06 bits per heavy atom. The quantitative estimate of drug-likeness (QED) is 0.622. The van der Waals surface area contributed by atoms with Crippen molar-refractivity contribution < 1.29 is 4.92 Å². The van der Waals surface area contributed by atoms with Crippen molar-refractivity contribution in [3.63, 3.8) is 0 Å². The lowest BCUT2D eigenvalue weighted by Crippen LogP contribution is -2.22. The van der Waals surface area contributed by atoms with E-state index in [2.05, 4.69) is 13.8 Å². The van der Waals surface area contributed by atoms with E-state index < -0.39 is 0 Å². The van der Waals surface area contributed by atoms with E-state index >= 15 is 0 Å². The lowest BCUT2D eigenvalue weighted by Gasteiger charge is -2.14. The summed E-state index contributed by atoms with van der Waals surface area (Å²) >= 11 is 0. The second-order valence-electron chi connectivity index (χ2n) is 5.25. The van der Waals surface area contributed by atoms with Crippen LogP contribution in [0.4, 0.5) is 5.69 Å². The van der Waals surface area contributed by atoms with Crippen LogP contribution in [0.25, 0.3) is 0 Å². The second-order valence-corrected chi connectivity index (χ2v) is 5.25. The van der Waals surface area contributed by atoms with E-state index in [0.29, 0.717) is 5.92 Å². The van der Waals surface area contributed by atoms with Crippen LogP contribution in [0.2, 0.25) is 0 Å². The van der Waals surface area contributed by atoms with Crippen LogP contribution in [-0.4, -0.2) is 11.0 Å². The molecule has 0 radical (unpaired) electrons. The Bertz CT molecular complexity index is 416. The molecule has 0 spiro atoms. The summed E-state index contributed by atoms with van der Waals surface area (Å²) in [4.78, 5) is 10.5. The van der Waals surface area contributed by atoms with Crippen LogP contribution >= 0.6 is 0 Å². The monoisotopic (exact) mass is 250 g/mol. The van der Waals surface area contributed by atoms with E-state index in [-0.39, 0.29) is 16.7 Å². The van der Waals surface area contributed by atoms with Gasteiger partial charge in [-0.25, -0.2) is 0 Å². The highest BCUT2D eigenvalue weighted by atomic mass is 16.6. The first-order valence-electron chi connectivity index (χ1n) is 6.40. The minimum absolute atomic E-state index is 0.170. The smallest absolute Gasteiger partial charge is 0.272 e. The van der Waals surface area contributed by atoms with Crippen molar-refractivity contribution in [3.8, 4) is 0 Å². The van der Waals surface area contributed by atoms with Crippen LogP contribution < -0.4 is 5.73 Å². The maximum absolute atomic E-state index is 10.8. The van der Waals surface area contributed by atoms with Gasteiger partial charge in [-0.1, -0.05) is 26.0 Å². The molecule has 4 nitrogen and oxygen atoms in total. The third kappa shape index (κ3) is 4.11. The van der Waals surface area contributed by atoms with E-state index in [1.807, 2.05) is 6.07 Å². The van der Waals surface area contributed by atoms with E-state index in [0.717, 1.165) is 30.4 Å². The van der Waals surface area contributed by atoms with Gasteiger partial charge in [0, 0.05) is 17.7 Å². The number of nitro groups is 1. The molecule has 0 aromatic heterocycles. The molecule has 4 heteroatoms. The molecule has 1 atom stereocenters. The number of hydrogen-bond donors (Lipinski definition) is 1. The van der Waals surface area contributed by atoms with Crippen molar-refractivity contribution >= 4 is 5.69 Å². The van der Waals surface area contributed by atoms with Crippen LogP contribution in [0.1, 0.15) is 37.8 Å². The van der Waals surface area contributed by atoms with Gasteiger partial charge in [-0.3, -0.25) is 10.1 Å². The largest absolute Gasteiger partial charge is 0.328 e. The van der Waals surface area contributed by atoms with Crippen molar-refractivity contribution in [3.05, 3.63) is 39.4 Å². The van der Waals surface area contributed by atoms with Crippen LogP contribution in [0, 0.1) is 23.0 Å². The van der Waals surface area contributed by atoms with Crippen LogP contribution in [-0.2, 0) is 6.42 Å². The first kappa shape index (κ1) is 14.6. The van der Waals surface area contributed by atoms with Crippen molar-refractivity contribution in [2.45, 2.75) is 46.1 Å². The van der Waals surface area contributed by atoms with Gasteiger partial charge in [-0.05, 0) is 37.7 Å². The number of nitro benzene ring substituents is 1. The fourth-order valence-electron chi connectivity index (χ4n) is 2.20. The predicted octanol–water partition coefficient (Wildman–Crippen LogP) is 3.21. The highest BCUT2D eigenvalue weighted by molar-refractivity contribution is 5.44. The van der Waals surface area contributed by atoms with Gasteiger partial charge in [-0.15, -0.1) is 0 Å². The molecule has 0 saturated carbocycles. The summed E-state index contributed by atoms with van der Waals surface area (Å²) in [7, 11) is 0. The highest BCUT2D eigenvalue weighted by Crippen LogP contribution is 2.22. The first-order chi connectivity index (χ1) is 8.41. The standard InChI is InChI=1S/C14H22N2O2/c1-10(2)9-13(15)8-7-12-5-4-6-14(11(12)3)16(17)18/h4-6,10,13H,7-9,15H2,1-3H3. The van der Waals surface area contributed by atoms with Crippen molar-refractivity contribution in [1.29, 1.82) is 0 Å². The van der Waals surface area contributed by atoms with Gasteiger partial charge in [-0.2, -0.15) is 0 Å². The van der Waals surface area contributed by atoms with E-state index in [1.54, 1.807) is 19.1 Å². The minimum Gasteiger partial charge on any atom is -0.328 e. The fraction of sp³-hybridized carbons (Fsp3) is 0.571. The molecule has 0 saturated heterocycles. The number of nitrogens with two attached hydrogens (primary N) is 1. The summed E-state index contributed by atoms with van der Waals surface area (Å²) < 4.78 is 0. The molecule has 0 heterocycles. The van der Waals surface area contributed by atoms with Crippen LogP contribution in [0.5, 0.6) is 0 Å². The molecule has 0 aliphatic carbocycles. The Morgan fingerprint density at radius 3 is 2.61 bits per heavy atom. The summed E-state index contributed by atoms with van der Waals surface area (Å²) in [5.74, 6) is 0.589. The molecule has 0 fully saturated rings. The Hall–Kier alpha value is -1.42. The normalized spacial score (nSPS) is 12.7. The average Bonchev–Trinajstić information content (AvgIpc) is 2.26. The highest BCUT2D eigenvalue weighted by Gasteiger charge is 2.14. The fourth-order valence-corrected chi connectivity index (χ4v) is 2.20. The summed E-state index contributed by atoms with van der Waals surface area (Å²) in [6.07, 6.45) is 2.68. The SMILES string of the molecule is Cc1c(CCC(N)CC(C)C)cccc1[N+](=O)[O-]. The summed E-state index contributed by atoms with van der Waals surface area (Å²) in [6, 6.07) is 5.41. The zero-order valence-corrected chi connectivity index (χ0v) is 11.3. The Labute approximate surface area is 108 Å². The van der Waals surface area contributed by atoms with Gasteiger partial charge in [0.1, 0.15) is 0 Å².